The maximum atomic E-state index is 3.54. The van der Waals surface area contributed by atoms with E-state index in [0.717, 1.165) is 17.9 Å². The minimum absolute atomic E-state index is 0.845. The first-order valence-electron chi connectivity index (χ1n) is 5.79. The molecule has 1 nitrogen and oxygen atoms in total. The second kappa shape index (κ2) is 7.47. The van der Waals surface area contributed by atoms with Gasteiger partial charge in [-0.15, -0.1) is 0 Å². The average Bonchev–Trinajstić information content (AvgIpc) is 2.25. The summed E-state index contributed by atoms with van der Waals surface area (Å²) in [6.45, 7) is 4.43. The van der Waals surface area contributed by atoms with E-state index in [1.54, 1.807) is 0 Å². The van der Waals surface area contributed by atoms with Gasteiger partial charge in [-0.05, 0) is 19.8 Å². The minimum atomic E-state index is 0.845. The fourth-order valence-electron chi connectivity index (χ4n) is 2.22. The highest BCUT2D eigenvalue weighted by molar-refractivity contribution is 9.09. The van der Waals surface area contributed by atoms with Crippen LogP contribution >= 0.6 is 15.9 Å². The zero-order chi connectivity index (χ0) is 10.2. The molecule has 0 radical (unpaired) electrons. The molecule has 1 fully saturated rings. The molecule has 0 aromatic carbocycles. The van der Waals surface area contributed by atoms with Crippen LogP contribution in [0, 0.1) is 0 Å². The van der Waals surface area contributed by atoms with Crippen molar-refractivity contribution in [3.05, 3.63) is 12.2 Å². The number of hydrogen-bond acceptors (Lipinski definition) is 1. The van der Waals surface area contributed by atoms with Crippen LogP contribution in [-0.2, 0) is 0 Å². The quantitative estimate of drug-likeness (QED) is 0.539. The Morgan fingerprint density at radius 1 is 1.29 bits per heavy atom. The van der Waals surface area contributed by atoms with Crippen LogP contribution < -0.4 is 0 Å². The summed E-state index contributed by atoms with van der Waals surface area (Å²) in [5.74, 6) is 0. The summed E-state index contributed by atoms with van der Waals surface area (Å²) in [5, 5.41) is 1.10. The molecule has 1 saturated carbocycles. The molecule has 0 aliphatic heterocycles. The van der Waals surface area contributed by atoms with E-state index < -0.39 is 0 Å². The summed E-state index contributed by atoms with van der Waals surface area (Å²) in [4.78, 5) is 2.62. The highest BCUT2D eigenvalue weighted by Gasteiger charge is 2.19. The van der Waals surface area contributed by atoms with E-state index in [2.05, 4.69) is 39.9 Å². The zero-order valence-corrected chi connectivity index (χ0v) is 10.8. The Kier molecular flexibility index (Phi) is 6.54. The molecular weight excluding hydrogens is 238 g/mol. The molecule has 1 rings (SSSR count). The topological polar surface area (TPSA) is 3.24 Å². The molecule has 0 atom stereocenters. The van der Waals surface area contributed by atoms with Crippen molar-refractivity contribution in [2.45, 2.75) is 45.1 Å². The van der Waals surface area contributed by atoms with Crippen LogP contribution in [0.1, 0.15) is 39.0 Å². The Bertz CT molecular complexity index is 162. The van der Waals surface area contributed by atoms with Gasteiger partial charge in [0.15, 0.2) is 0 Å². The monoisotopic (exact) mass is 259 g/mol. The Morgan fingerprint density at radius 2 is 2.00 bits per heavy atom. The van der Waals surface area contributed by atoms with Gasteiger partial charge in [-0.2, -0.15) is 0 Å². The second-order valence-corrected chi connectivity index (χ2v) is 4.84. The summed E-state index contributed by atoms with van der Waals surface area (Å²) in [6, 6.07) is 0.845. The molecule has 0 aromatic heterocycles. The summed E-state index contributed by atoms with van der Waals surface area (Å²) >= 11 is 3.54. The van der Waals surface area contributed by atoms with Crippen molar-refractivity contribution in [2.24, 2.45) is 0 Å². The van der Waals surface area contributed by atoms with Gasteiger partial charge < -0.3 is 0 Å². The second-order valence-electron chi connectivity index (χ2n) is 4.04. The third kappa shape index (κ3) is 4.14. The van der Waals surface area contributed by atoms with Crippen LogP contribution in [0.2, 0.25) is 0 Å². The summed E-state index contributed by atoms with van der Waals surface area (Å²) in [7, 11) is 0. The first-order chi connectivity index (χ1) is 6.88. The Hall–Kier alpha value is 0.180. The zero-order valence-electron chi connectivity index (χ0n) is 9.21. The highest BCUT2D eigenvalue weighted by atomic mass is 79.9. The lowest BCUT2D eigenvalue weighted by Crippen LogP contribution is -2.38. The third-order valence-electron chi connectivity index (χ3n) is 3.04. The van der Waals surface area contributed by atoms with Gasteiger partial charge in [-0.3, -0.25) is 4.90 Å². The Balaban J connectivity index is 2.38. The van der Waals surface area contributed by atoms with Crippen molar-refractivity contribution in [1.29, 1.82) is 0 Å². The predicted molar refractivity (Wildman–Crippen MR) is 67.1 cm³/mol. The van der Waals surface area contributed by atoms with Crippen LogP contribution in [0.15, 0.2) is 12.2 Å². The van der Waals surface area contributed by atoms with E-state index in [9.17, 15) is 0 Å². The van der Waals surface area contributed by atoms with Crippen LogP contribution in [0.3, 0.4) is 0 Å². The lowest BCUT2D eigenvalue weighted by molar-refractivity contribution is 0.182. The molecule has 0 amide bonds. The van der Waals surface area contributed by atoms with Crippen LogP contribution in [-0.4, -0.2) is 29.4 Å². The van der Waals surface area contributed by atoms with E-state index in [0.29, 0.717) is 0 Å². The van der Waals surface area contributed by atoms with Crippen LogP contribution in [0.4, 0.5) is 0 Å². The standard InChI is InChI=1S/C12H22BrN/c1-2-3-10-14(11-9-13)12-7-5-4-6-8-12/h2-3,12H,4-11H2,1H3/b3-2+. The largest absolute Gasteiger partial charge is 0.296 e. The predicted octanol–water partition coefficient (Wildman–Crippen LogP) is 3.59. The van der Waals surface area contributed by atoms with Crippen LogP contribution in [0.5, 0.6) is 0 Å². The summed E-state index contributed by atoms with van der Waals surface area (Å²) in [5.41, 5.74) is 0. The normalized spacial score (nSPS) is 19.6. The van der Waals surface area contributed by atoms with E-state index in [1.807, 2.05) is 0 Å². The number of halogens is 1. The molecule has 2 heteroatoms. The van der Waals surface area contributed by atoms with E-state index >= 15 is 0 Å². The Labute approximate surface area is 96.7 Å². The summed E-state index contributed by atoms with van der Waals surface area (Å²) < 4.78 is 0. The molecule has 0 N–H and O–H groups in total. The lowest BCUT2D eigenvalue weighted by Gasteiger charge is -2.33. The van der Waals surface area contributed by atoms with Gasteiger partial charge in [-0.25, -0.2) is 0 Å². The number of nitrogens with zero attached hydrogens (tertiary/aromatic N) is 1. The van der Waals surface area contributed by atoms with Crippen molar-refractivity contribution in [3.63, 3.8) is 0 Å². The first kappa shape index (κ1) is 12.3. The fourth-order valence-corrected chi connectivity index (χ4v) is 2.67. The molecular formula is C12H22BrN. The van der Waals surface area contributed by atoms with E-state index in [-0.39, 0.29) is 0 Å². The summed E-state index contributed by atoms with van der Waals surface area (Å²) in [6.07, 6.45) is 11.6. The molecule has 0 spiro atoms. The van der Waals surface area contributed by atoms with Crippen molar-refractivity contribution in [3.8, 4) is 0 Å². The molecule has 1 aliphatic rings. The molecule has 1 aliphatic carbocycles. The average molecular weight is 260 g/mol. The van der Waals surface area contributed by atoms with Crippen molar-refractivity contribution in [1.82, 2.24) is 4.90 Å². The molecule has 82 valence electrons. The maximum Gasteiger partial charge on any atom is 0.0166 e. The minimum Gasteiger partial charge on any atom is -0.296 e. The highest BCUT2D eigenvalue weighted by Crippen LogP contribution is 2.22. The molecule has 0 aromatic rings. The maximum absolute atomic E-state index is 3.54. The fraction of sp³-hybridized carbons (Fsp3) is 0.833. The van der Waals surface area contributed by atoms with Gasteiger partial charge in [0.2, 0.25) is 0 Å². The molecule has 0 unspecified atom stereocenters. The lowest BCUT2D eigenvalue weighted by atomic mass is 9.94. The Morgan fingerprint density at radius 3 is 2.57 bits per heavy atom. The third-order valence-corrected chi connectivity index (χ3v) is 3.39. The van der Waals surface area contributed by atoms with Crippen molar-refractivity contribution < 1.29 is 0 Å². The van der Waals surface area contributed by atoms with E-state index in [4.69, 9.17) is 0 Å². The number of hydrogen-bond donors (Lipinski definition) is 0. The van der Waals surface area contributed by atoms with Gasteiger partial charge in [-0.1, -0.05) is 47.3 Å². The number of alkyl halides is 1. The molecule has 0 heterocycles. The molecule has 0 bridgehead atoms. The van der Waals surface area contributed by atoms with Gasteiger partial charge in [0, 0.05) is 24.5 Å². The number of allylic oxidation sites excluding steroid dienone is 1. The van der Waals surface area contributed by atoms with Gasteiger partial charge in [0.25, 0.3) is 0 Å². The molecule has 14 heavy (non-hydrogen) atoms. The van der Waals surface area contributed by atoms with Gasteiger partial charge in [0.05, 0.1) is 0 Å². The van der Waals surface area contributed by atoms with E-state index in [1.165, 1.54) is 38.6 Å². The van der Waals surface area contributed by atoms with Crippen molar-refractivity contribution >= 4 is 15.9 Å². The van der Waals surface area contributed by atoms with Crippen molar-refractivity contribution in [2.75, 3.05) is 18.4 Å². The van der Waals surface area contributed by atoms with Gasteiger partial charge in [0.1, 0.15) is 0 Å². The SMILES string of the molecule is C/C=C/CN(CCBr)C1CCCCC1. The molecule has 0 saturated heterocycles. The van der Waals surface area contributed by atoms with Gasteiger partial charge >= 0.3 is 0 Å². The number of rotatable bonds is 5. The van der Waals surface area contributed by atoms with Crippen LogP contribution in [0.25, 0.3) is 0 Å². The smallest absolute Gasteiger partial charge is 0.0166 e. The first-order valence-corrected chi connectivity index (χ1v) is 6.91.